The summed E-state index contributed by atoms with van der Waals surface area (Å²) in [6.45, 7) is 14.0. The molecule has 0 aromatic carbocycles. The van der Waals surface area contributed by atoms with E-state index in [1.165, 1.54) is 0 Å². The van der Waals surface area contributed by atoms with E-state index in [2.05, 4.69) is 46.0 Å². The van der Waals surface area contributed by atoms with Crippen molar-refractivity contribution < 1.29 is 9.26 Å². The molecule has 7 nitrogen and oxygen atoms in total. The second-order valence-electron chi connectivity index (χ2n) is 7.71. The first-order valence-corrected chi connectivity index (χ1v) is 8.96. The molecule has 1 aromatic heterocycles. The molecule has 0 amide bonds. The maximum atomic E-state index is 5.62. The van der Waals surface area contributed by atoms with Gasteiger partial charge >= 0.3 is 0 Å². The van der Waals surface area contributed by atoms with Crippen LogP contribution in [-0.4, -0.2) is 73.9 Å². The van der Waals surface area contributed by atoms with Gasteiger partial charge in [-0.3, -0.25) is 9.89 Å². The van der Waals surface area contributed by atoms with Crippen molar-refractivity contribution in [2.24, 2.45) is 10.4 Å². The van der Waals surface area contributed by atoms with E-state index in [1.54, 1.807) is 7.11 Å². The summed E-state index contributed by atoms with van der Waals surface area (Å²) >= 11 is 0. The van der Waals surface area contributed by atoms with E-state index < -0.39 is 0 Å². The van der Waals surface area contributed by atoms with Gasteiger partial charge < -0.3 is 19.5 Å². The van der Waals surface area contributed by atoms with Crippen molar-refractivity contribution in [1.29, 1.82) is 0 Å². The molecule has 2 heterocycles. The van der Waals surface area contributed by atoms with E-state index in [0.717, 1.165) is 56.7 Å². The molecule has 0 spiro atoms. The number of rotatable bonds is 5. The summed E-state index contributed by atoms with van der Waals surface area (Å²) in [4.78, 5) is 9.14. The molecule has 1 atom stereocenters. The highest BCUT2D eigenvalue weighted by atomic mass is 127. The molecule has 2 rings (SSSR count). The van der Waals surface area contributed by atoms with Gasteiger partial charge in [-0.2, -0.15) is 0 Å². The molecule has 1 saturated heterocycles. The smallest absolute Gasteiger partial charge is 0.193 e. The maximum Gasteiger partial charge on any atom is 0.193 e. The molecule has 1 aromatic rings. The highest BCUT2D eigenvalue weighted by Gasteiger charge is 2.26. The first kappa shape index (κ1) is 23.2. The first-order chi connectivity index (χ1) is 11.8. The Morgan fingerprint density at radius 3 is 2.46 bits per heavy atom. The van der Waals surface area contributed by atoms with Crippen molar-refractivity contribution in [1.82, 2.24) is 20.3 Å². The minimum absolute atomic E-state index is 0. The normalized spacial score (nSPS) is 17.8. The second-order valence-corrected chi connectivity index (χ2v) is 7.71. The van der Waals surface area contributed by atoms with Crippen molar-refractivity contribution in [2.75, 3.05) is 46.9 Å². The molecule has 0 bridgehead atoms. The molecular weight excluding hydrogens is 445 g/mol. The molecule has 1 aliphatic rings. The Balaban J connectivity index is 0.00000338. The van der Waals surface area contributed by atoms with Crippen LogP contribution >= 0.6 is 24.0 Å². The van der Waals surface area contributed by atoms with Gasteiger partial charge in [-0.1, -0.05) is 25.9 Å². The molecule has 1 aliphatic heterocycles. The number of piperazine rings is 1. The van der Waals surface area contributed by atoms with E-state index in [9.17, 15) is 0 Å². The van der Waals surface area contributed by atoms with Crippen LogP contribution in [0.5, 0.6) is 0 Å². The SMILES string of the molecule is CN=C(NCC(OC)C(C)(C)C)N1CCN(Cc2cc(C)on2)CC1.I. The summed E-state index contributed by atoms with van der Waals surface area (Å²) in [7, 11) is 3.61. The van der Waals surface area contributed by atoms with E-state index in [4.69, 9.17) is 9.26 Å². The third-order valence-corrected chi connectivity index (χ3v) is 4.64. The predicted octanol–water partition coefficient (Wildman–Crippen LogP) is 2.36. The first-order valence-electron chi connectivity index (χ1n) is 8.96. The van der Waals surface area contributed by atoms with Gasteiger partial charge in [0, 0.05) is 59.5 Å². The lowest BCUT2D eigenvalue weighted by Crippen LogP contribution is -2.53. The number of aryl methyl sites for hydroxylation is 1. The minimum atomic E-state index is 0. The fraction of sp³-hybridized carbons (Fsp3) is 0.778. The minimum Gasteiger partial charge on any atom is -0.379 e. The lowest BCUT2D eigenvalue weighted by molar-refractivity contribution is 0.0199. The Morgan fingerprint density at radius 1 is 1.35 bits per heavy atom. The number of guanidine groups is 1. The van der Waals surface area contributed by atoms with Crippen LogP contribution in [0.15, 0.2) is 15.6 Å². The average Bonchev–Trinajstić information content (AvgIpc) is 2.96. The fourth-order valence-electron chi connectivity index (χ4n) is 3.10. The maximum absolute atomic E-state index is 5.62. The summed E-state index contributed by atoms with van der Waals surface area (Å²) in [5, 5.41) is 7.55. The zero-order valence-corrected chi connectivity index (χ0v) is 19.2. The Labute approximate surface area is 174 Å². The topological polar surface area (TPSA) is 66.1 Å². The van der Waals surface area contributed by atoms with Gasteiger partial charge in [0.15, 0.2) is 5.96 Å². The monoisotopic (exact) mass is 479 g/mol. The molecule has 150 valence electrons. The van der Waals surface area contributed by atoms with Crippen LogP contribution in [0.25, 0.3) is 0 Å². The molecule has 1 fully saturated rings. The summed E-state index contributed by atoms with van der Waals surface area (Å²) in [5.74, 6) is 1.81. The van der Waals surface area contributed by atoms with Crippen LogP contribution in [0.4, 0.5) is 0 Å². The summed E-state index contributed by atoms with van der Waals surface area (Å²) in [5.41, 5.74) is 1.09. The van der Waals surface area contributed by atoms with Crippen LogP contribution in [-0.2, 0) is 11.3 Å². The standard InChI is InChI=1S/C18H33N5O2.HI/c1-14-11-15(21-25-14)13-22-7-9-23(10-8-22)17(19-5)20-12-16(24-6)18(2,3)4;/h11,16H,7-10,12-13H2,1-6H3,(H,19,20);1H. The van der Waals surface area contributed by atoms with Gasteiger partial charge in [-0.25, -0.2) is 0 Å². The third kappa shape index (κ3) is 6.70. The third-order valence-electron chi connectivity index (χ3n) is 4.64. The number of aromatic nitrogens is 1. The van der Waals surface area contributed by atoms with Gasteiger partial charge in [-0.05, 0) is 12.3 Å². The van der Waals surface area contributed by atoms with Crippen LogP contribution in [0.2, 0.25) is 0 Å². The number of nitrogens with zero attached hydrogens (tertiary/aromatic N) is 4. The molecule has 0 radical (unpaired) electrons. The molecule has 8 heteroatoms. The average molecular weight is 479 g/mol. The number of nitrogens with one attached hydrogen (secondary N) is 1. The van der Waals surface area contributed by atoms with Crippen molar-refractivity contribution in [3.8, 4) is 0 Å². The largest absolute Gasteiger partial charge is 0.379 e. The number of hydrogen-bond acceptors (Lipinski definition) is 5. The number of hydrogen-bond donors (Lipinski definition) is 1. The lowest BCUT2D eigenvalue weighted by atomic mass is 9.89. The predicted molar refractivity (Wildman–Crippen MR) is 115 cm³/mol. The van der Waals surface area contributed by atoms with E-state index in [0.29, 0.717) is 0 Å². The summed E-state index contributed by atoms with van der Waals surface area (Å²) in [6.07, 6.45) is 0.140. The van der Waals surface area contributed by atoms with Gasteiger partial charge in [0.2, 0.25) is 0 Å². The molecule has 1 unspecified atom stereocenters. The molecule has 0 aliphatic carbocycles. The Morgan fingerprint density at radius 2 is 2.00 bits per heavy atom. The highest BCUT2D eigenvalue weighted by molar-refractivity contribution is 14.0. The number of aliphatic imine (C=N–C) groups is 1. The zero-order valence-electron chi connectivity index (χ0n) is 16.9. The molecule has 0 saturated carbocycles. The molecule has 1 N–H and O–H groups in total. The number of ether oxygens (including phenoxy) is 1. The van der Waals surface area contributed by atoms with Crippen LogP contribution < -0.4 is 5.32 Å². The van der Waals surface area contributed by atoms with Gasteiger partial charge in [0.05, 0.1) is 11.8 Å². The van der Waals surface area contributed by atoms with Crippen LogP contribution in [0, 0.1) is 12.3 Å². The Kier molecular flexibility index (Phi) is 9.32. The van der Waals surface area contributed by atoms with Gasteiger partial charge in [0.1, 0.15) is 5.76 Å². The van der Waals surface area contributed by atoms with E-state index in [1.807, 2.05) is 20.0 Å². The van der Waals surface area contributed by atoms with Gasteiger partial charge in [-0.15, -0.1) is 24.0 Å². The quantitative estimate of drug-likeness (QED) is 0.398. The number of methoxy groups -OCH3 is 1. The Hall–Kier alpha value is -0.870. The van der Waals surface area contributed by atoms with E-state index >= 15 is 0 Å². The fourth-order valence-corrected chi connectivity index (χ4v) is 3.10. The lowest BCUT2D eigenvalue weighted by Gasteiger charge is -2.37. The summed E-state index contributed by atoms with van der Waals surface area (Å²) < 4.78 is 10.8. The van der Waals surface area contributed by atoms with Crippen molar-refractivity contribution in [3.05, 3.63) is 17.5 Å². The zero-order chi connectivity index (χ0) is 18.4. The van der Waals surface area contributed by atoms with Crippen LogP contribution in [0.3, 0.4) is 0 Å². The van der Waals surface area contributed by atoms with Gasteiger partial charge in [0.25, 0.3) is 0 Å². The van der Waals surface area contributed by atoms with Crippen molar-refractivity contribution in [2.45, 2.75) is 40.3 Å². The Bertz CT molecular complexity index is 562. The van der Waals surface area contributed by atoms with E-state index in [-0.39, 0.29) is 35.5 Å². The van der Waals surface area contributed by atoms with Crippen molar-refractivity contribution in [3.63, 3.8) is 0 Å². The highest BCUT2D eigenvalue weighted by Crippen LogP contribution is 2.21. The second kappa shape index (κ2) is 10.5. The summed E-state index contributed by atoms with van der Waals surface area (Å²) in [6, 6.07) is 2.00. The number of halogens is 1. The van der Waals surface area contributed by atoms with Crippen LogP contribution in [0.1, 0.15) is 32.2 Å². The molecule has 26 heavy (non-hydrogen) atoms. The molecular formula is C18H34IN5O2. The van der Waals surface area contributed by atoms with Crippen molar-refractivity contribution >= 4 is 29.9 Å².